The first-order valence-corrected chi connectivity index (χ1v) is 5.37. The fourth-order valence-electron chi connectivity index (χ4n) is 3.45. The second-order valence-corrected chi connectivity index (χ2v) is 5.51. The van der Waals surface area contributed by atoms with Gasteiger partial charge in [-0.1, -0.05) is 19.0 Å². The standard InChI is InChI=1S/C11H20N2O/c1-10(2)7-5-8(10)11(3,12-4)9(6-7)13-14/h7-8,12,14H,5-6H2,1-4H3/b13-9-/t7-,8+,11-/m1/s1. The summed E-state index contributed by atoms with van der Waals surface area (Å²) in [6, 6.07) is 0. The van der Waals surface area contributed by atoms with Crippen LogP contribution in [0.15, 0.2) is 5.16 Å². The van der Waals surface area contributed by atoms with E-state index < -0.39 is 0 Å². The molecule has 2 N–H and O–H groups in total. The Bertz CT molecular complexity index is 285. The van der Waals surface area contributed by atoms with Crippen molar-refractivity contribution in [3.05, 3.63) is 0 Å². The minimum Gasteiger partial charge on any atom is -0.411 e. The molecule has 3 heteroatoms. The van der Waals surface area contributed by atoms with E-state index in [2.05, 4.69) is 31.2 Å². The SMILES string of the molecule is CN[C@@]1(C)/C(=N\O)C[C@H]2C[C@H]1C2(C)C. The maximum atomic E-state index is 9.01. The van der Waals surface area contributed by atoms with Crippen LogP contribution in [-0.4, -0.2) is 23.5 Å². The van der Waals surface area contributed by atoms with Crippen molar-refractivity contribution < 1.29 is 5.21 Å². The molecule has 0 unspecified atom stereocenters. The van der Waals surface area contributed by atoms with Crippen molar-refractivity contribution in [3.63, 3.8) is 0 Å². The van der Waals surface area contributed by atoms with Gasteiger partial charge in [-0.2, -0.15) is 0 Å². The highest BCUT2D eigenvalue weighted by molar-refractivity contribution is 5.95. The third-order valence-electron chi connectivity index (χ3n) is 4.85. The van der Waals surface area contributed by atoms with E-state index in [-0.39, 0.29) is 5.54 Å². The van der Waals surface area contributed by atoms with Gasteiger partial charge in [0.25, 0.3) is 0 Å². The number of nitrogens with one attached hydrogen (secondary N) is 1. The fourth-order valence-corrected chi connectivity index (χ4v) is 3.45. The van der Waals surface area contributed by atoms with E-state index in [0.29, 0.717) is 17.3 Å². The highest BCUT2D eigenvalue weighted by Crippen LogP contribution is 2.61. The molecular formula is C11H20N2O. The minimum absolute atomic E-state index is 0.104. The first-order chi connectivity index (χ1) is 6.46. The van der Waals surface area contributed by atoms with Gasteiger partial charge in [-0.15, -0.1) is 0 Å². The van der Waals surface area contributed by atoms with Crippen LogP contribution in [0.1, 0.15) is 33.6 Å². The van der Waals surface area contributed by atoms with Gasteiger partial charge in [-0.25, -0.2) is 0 Å². The van der Waals surface area contributed by atoms with Gasteiger partial charge in [0.05, 0.1) is 11.3 Å². The zero-order chi connectivity index (χ0) is 10.6. The van der Waals surface area contributed by atoms with Crippen molar-refractivity contribution in [2.75, 3.05) is 7.05 Å². The molecule has 3 fully saturated rings. The average Bonchev–Trinajstić information content (AvgIpc) is 2.17. The van der Waals surface area contributed by atoms with E-state index in [1.165, 1.54) is 6.42 Å². The molecule has 0 saturated heterocycles. The third kappa shape index (κ3) is 0.937. The molecule has 0 aromatic rings. The lowest BCUT2D eigenvalue weighted by Gasteiger charge is -2.64. The lowest BCUT2D eigenvalue weighted by Crippen LogP contribution is -2.69. The zero-order valence-electron chi connectivity index (χ0n) is 9.46. The molecule has 3 aliphatic carbocycles. The molecule has 2 bridgehead atoms. The molecule has 0 heterocycles. The summed E-state index contributed by atoms with van der Waals surface area (Å²) in [4.78, 5) is 0. The van der Waals surface area contributed by atoms with Crippen LogP contribution in [0.5, 0.6) is 0 Å². The number of hydrogen-bond donors (Lipinski definition) is 2. The Morgan fingerprint density at radius 3 is 2.50 bits per heavy atom. The van der Waals surface area contributed by atoms with Gasteiger partial charge < -0.3 is 10.5 Å². The van der Waals surface area contributed by atoms with Gasteiger partial charge in [0.15, 0.2) is 0 Å². The van der Waals surface area contributed by atoms with E-state index >= 15 is 0 Å². The summed E-state index contributed by atoms with van der Waals surface area (Å²) < 4.78 is 0. The van der Waals surface area contributed by atoms with Gasteiger partial charge in [0.1, 0.15) is 0 Å². The molecule has 3 atom stereocenters. The molecule has 0 aromatic heterocycles. The van der Waals surface area contributed by atoms with E-state index in [0.717, 1.165) is 12.1 Å². The van der Waals surface area contributed by atoms with Gasteiger partial charge in [-0.05, 0) is 44.1 Å². The van der Waals surface area contributed by atoms with Crippen LogP contribution in [0.4, 0.5) is 0 Å². The van der Waals surface area contributed by atoms with Crippen LogP contribution in [0.2, 0.25) is 0 Å². The molecule has 0 spiro atoms. The molecule has 80 valence electrons. The highest BCUT2D eigenvalue weighted by atomic mass is 16.4. The van der Waals surface area contributed by atoms with Crippen molar-refractivity contribution in [1.29, 1.82) is 0 Å². The normalized spacial score (nSPS) is 47.6. The largest absolute Gasteiger partial charge is 0.411 e. The summed E-state index contributed by atoms with van der Waals surface area (Å²) >= 11 is 0. The van der Waals surface area contributed by atoms with Crippen molar-refractivity contribution in [2.45, 2.75) is 39.2 Å². The average molecular weight is 196 g/mol. The van der Waals surface area contributed by atoms with Crippen LogP contribution < -0.4 is 5.32 Å². The number of rotatable bonds is 1. The lowest BCUT2D eigenvalue weighted by atomic mass is 9.43. The summed E-state index contributed by atoms with van der Waals surface area (Å²) in [5.74, 6) is 1.31. The second kappa shape index (κ2) is 2.72. The van der Waals surface area contributed by atoms with Crippen molar-refractivity contribution in [3.8, 4) is 0 Å². The minimum atomic E-state index is -0.104. The highest BCUT2D eigenvalue weighted by Gasteiger charge is 2.61. The van der Waals surface area contributed by atoms with Crippen LogP contribution in [0.25, 0.3) is 0 Å². The Balaban J connectivity index is 2.36. The summed E-state index contributed by atoms with van der Waals surface area (Å²) in [6.45, 7) is 6.81. The monoisotopic (exact) mass is 196 g/mol. The zero-order valence-corrected chi connectivity index (χ0v) is 9.46. The molecule has 3 rings (SSSR count). The first-order valence-electron chi connectivity index (χ1n) is 5.37. The smallest absolute Gasteiger partial charge is 0.0774 e. The molecule has 3 nitrogen and oxygen atoms in total. The maximum absolute atomic E-state index is 9.01. The Hall–Kier alpha value is -0.570. The fraction of sp³-hybridized carbons (Fsp3) is 0.909. The van der Waals surface area contributed by atoms with E-state index in [1.54, 1.807) is 0 Å². The van der Waals surface area contributed by atoms with Gasteiger partial charge in [0, 0.05) is 0 Å². The van der Waals surface area contributed by atoms with Gasteiger partial charge in [-0.3, -0.25) is 0 Å². The lowest BCUT2D eigenvalue weighted by molar-refractivity contribution is -0.0715. The molecule has 3 aliphatic rings. The molecule has 0 aromatic carbocycles. The molecular weight excluding hydrogens is 176 g/mol. The number of hydrogen-bond acceptors (Lipinski definition) is 3. The Morgan fingerprint density at radius 1 is 1.43 bits per heavy atom. The van der Waals surface area contributed by atoms with E-state index in [9.17, 15) is 0 Å². The Morgan fingerprint density at radius 2 is 2.07 bits per heavy atom. The summed E-state index contributed by atoms with van der Waals surface area (Å²) in [6.07, 6.45) is 2.21. The predicted octanol–water partition coefficient (Wildman–Crippen LogP) is 1.86. The third-order valence-corrected chi connectivity index (χ3v) is 4.85. The van der Waals surface area contributed by atoms with Crippen molar-refractivity contribution in [2.24, 2.45) is 22.4 Å². The van der Waals surface area contributed by atoms with E-state index in [4.69, 9.17) is 5.21 Å². The molecule has 14 heavy (non-hydrogen) atoms. The van der Waals surface area contributed by atoms with Gasteiger partial charge in [0.2, 0.25) is 0 Å². The number of nitrogens with zero attached hydrogens (tertiary/aromatic N) is 1. The summed E-state index contributed by atoms with van der Waals surface area (Å²) in [7, 11) is 1.96. The molecule has 0 aliphatic heterocycles. The van der Waals surface area contributed by atoms with Crippen LogP contribution in [0, 0.1) is 17.3 Å². The quantitative estimate of drug-likeness (QED) is 0.496. The topological polar surface area (TPSA) is 44.6 Å². The Kier molecular flexibility index (Phi) is 1.94. The first kappa shape index (κ1) is 9.97. The van der Waals surface area contributed by atoms with Crippen molar-refractivity contribution >= 4 is 5.71 Å². The number of oxime groups is 1. The number of fused-ring (bicyclic) bond motifs is 2. The molecule has 0 amide bonds. The van der Waals surface area contributed by atoms with Crippen LogP contribution in [0.3, 0.4) is 0 Å². The van der Waals surface area contributed by atoms with Crippen LogP contribution >= 0.6 is 0 Å². The van der Waals surface area contributed by atoms with E-state index in [1.807, 2.05) is 7.05 Å². The van der Waals surface area contributed by atoms with Crippen molar-refractivity contribution in [1.82, 2.24) is 5.32 Å². The Labute approximate surface area is 85.6 Å². The maximum Gasteiger partial charge on any atom is 0.0774 e. The second-order valence-electron chi connectivity index (χ2n) is 5.51. The summed E-state index contributed by atoms with van der Waals surface area (Å²) in [5.41, 5.74) is 1.22. The predicted molar refractivity (Wildman–Crippen MR) is 56.7 cm³/mol. The molecule has 0 radical (unpaired) electrons. The van der Waals surface area contributed by atoms with Gasteiger partial charge >= 0.3 is 0 Å². The molecule has 3 saturated carbocycles. The summed E-state index contributed by atoms with van der Waals surface area (Å²) in [5, 5.41) is 15.8. The van der Waals surface area contributed by atoms with Crippen LogP contribution in [-0.2, 0) is 0 Å².